The van der Waals surface area contributed by atoms with E-state index >= 15 is 0 Å². The van der Waals surface area contributed by atoms with Crippen LogP contribution in [0.25, 0.3) is 0 Å². The number of anilines is 1. The molecule has 0 fully saturated rings. The summed E-state index contributed by atoms with van der Waals surface area (Å²) in [6.07, 6.45) is 0. The molecule has 1 amide bonds. The number of aromatic nitrogens is 1. The molecular weight excluding hydrogens is 308 g/mol. The second-order valence-electron chi connectivity index (χ2n) is 4.31. The first kappa shape index (κ1) is 13.5. The lowest BCUT2D eigenvalue weighted by atomic mass is 10.1. The van der Waals surface area contributed by atoms with Crippen LogP contribution in [0.15, 0.2) is 39.6 Å². The van der Waals surface area contributed by atoms with Gasteiger partial charge in [0, 0.05) is 16.2 Å². The number of amides is 1. The Hall–Kier alpha value is -1.88. The maximum atomic E-state index is 12.0. The lowest BCUT2D eigenvalue weighted by molar-refractivity contribution is 0.102. The van der Waals surface area contributed by atoms with Gasteiger partial charge in [0.15, 0.2) is 0 Å². The lowest BCUT2D eigenvalue weighted by Crippen LogP contribution is -2.18. The summed E-state index contributed by atoms with van der Waals surface area (Å²) in [6.45, 7) is 3.91. The molecule has 0 bridgehead atoms. The van der Waals surface area contributed by atoms with E-state index < -0.39 is 0 Å². The molecule has 0 aliphatic heterocycles. The molecule has 1 aromatic carbocycles. The minimum atomic E-state index is -0.334. The lowest BCUT2D eigenvalue weighted by Gasteiger charge is -2.09. The van der Waals surface area contributed by atoms with E-state index in [1.807, 2.05) is 26.0 Å². The van der Waals surface area contributed by atoms with E-state index in [4.69, 9.17) is 0 Å². The summed E-state index contributed by atoms with van der Waals surface area (Å²) in [5, 5.41) is 2.76. The van der Waals surface area contributed by atoms with Crippen molar-refractivity contribution in [3.8, 4) is 0 Å². The van der Waals surface area contributed by atoms with E-state index in [-0.39, 0.29) is 17.2 Å². The van der Waals surface area contributed by atoms with E-state index in [2.05, 4.69) is 26.2 Å². The van der Waals surface area contributed by atoms with Gasteiger partial charge in [0.2, 0.25) is 5.56 Å². The number of halogens is 1. The largest absolute Gasteiger partial charge is 0.321 e. The summed E-state index contributed by atoms with van der Waals surface area (Å²) < 4.78 is 1.03. The monoisotopic (exact) mass is 320 g/mol. The van der Waals surface area contributed by atoms with Crippen molar-refractivity contribution in [2.45, 2.75) is 13.8 Å². The minimum absolute atomic E-state index is 0.241. The van der Waals surface area contributed by atoms with Gasteiger partial charge >= 0.3 is 0 Å². The standard InChI is InChI=1S/C14H13BrN2O2/c1-8-6-10(7-9(2)13(8)15)16-14(19)11-4-3-5-12(18)17-11/h3-7H,1-2H3,(H,16,19)(H,17,18). The first-order valence-corrected chi connectivity index (χ1v) is 6.54. The third-order valence-corrected chi connectivity index (χ3v) is 3.96. The van der Waals surface area contributed by atoms with Crippen LogP contribution in [0.2, 0.25) is 0 Å². The Balaban J connectivity index is 2.27. The Morgan fingerprint density at radius 1 is 1.21 bits per heavy atom. The predicted molar refractivity (Wildman–Crippen MR) is 78.6 cm³/mol. The van der Waals surface area contributed by atoms with Crippen LogP contribution < -0.4 is 10.9 Å². The number of benzene rings is 1. The molecule has 4 nitrogen and oxygen atoms in total. The van der Waals surface area contributed by atoms with E-state index in [9.17, 15) is 9.59 Å². The Labute approximate surface area is 119 Å². The van der Waals surface area contributed by atoms with Gasteiger partial charge in [-0.1, -0.05) is 22.0 Å². The summed E-state index contributed by atoms with van der Waals surface area (Å²) in [6, 6.07) is 8.22. The number of rotatable bonds is 2. The van der Waals surface area contributed by atoms with Gasteiger partial charge in [-0.15, -0.1) is 0 Å². The molecule has 0 unspecified atom stereocenters. The van der Waals surface area contributed by atoms with Crippen LogP contribution in [0.4, 0.5) is 5.69 Å². The Morgan fingerprint density at radius 2 is 1.84 bits per heavy atom. The molecule has 19 heavy (non-hydrogen) atoms. The van der Waals surface area contributed by atoms with Gasteiger partial charge in [0.25, 0.3) is 5.91 Å². The Kier molecular flexibility index (Phi) is 3.85. The number of carbonyl (C=O) groups excluding carboxylic acids is 1. The molecule has 5 heteroatoms. The van der Waals surface area contributed by atoms with E-state index in [0.717, 1.165) is 15.6 Å². The summed E-state index contributed by atoms with van der Waals surface area (Å²) in [4.78, 5) is 25.6. The van der Waals surface area contributed by atoms with E-state index in [1.54, 1.807) is 12.1 Å². The zero-order chi connectivity index (χ0) is 14.0. The summed E-state index contributed by atoms with van der Waals surface area (Å²) >= 11 is 3.47. The van der Waals surface area contributed by atoms with E-state index in [0.29, 0.717) is 5.69 Å². The van der Waals surface area contributed by atoms with Gasteiger partial charge in [-0.05, 0) is 43.2 Å². The fourth-order valence-electron chi connectivity index (χ4n) is 1.80. The van der Waals surface area contributed by atoms with Crippen molar-refractivity contribution >= 4 is 27.5 Å². The van der Waals surface area contributed by atoms with Crippen molar-refractivity contribution in [1.29, 1.82) is 0 Å². The normalized spacial score (nSPS) is 10.3. The molecule has 2 aromatic rings. The van der Waals surface area contributed by atoms with Gasteiger partial charge in [-0.2, -0.15) is 0 Å². The maximum Gasteiger partial charge on any atom is 0.272 e. The van der Waals surface area contributed by atoms with Crippen molar-refractivity contribution in [3.63, 3.8) is 0 Å². The van der Waals surface area contributed by atoms with Crippen LogP contribution in [0.5, 0.6) is 0 Å². The highest BCUT2D eigenvalue weighted by molar-refractivity contribution is 9.10. The number of aryl methyl sites for hydroxylation is 2. The topological polar surface area (TPSA) is 62.0 Å². The van der Waals surface area contributed by atoms with Gasteiger partial charge in [-0.3, -0.25) is 9.59 Å². The number of pyridine rings is 1. The molecule has 0 radical (unpaired) electrons. The molecular formula is C14H13BrN2O2. The molecule has 0 aliphatic rings. The van der Waals surface area contributed by atoms with Crippen LogP contribution in [0.3, 0.4) is 0 Å². The number of hydrogen-bond donors (Lipinski definition) is 2. The predicted octanol–water partition coefficient (Wildman–Crippen LogP) is 3.01. The fraction of sp³-hybridized carbons (Fsp3) is 0.143. The average Bonchev–Trinajstić information content (AvgIpc) is 2.36. The Morgan fingerprint density at radius 3 is 2.42 bits per heavy atom. The number of nitrogens with one attached hydrogen (secondary N) is 2. The van der Waals surface area contributed by atoms with Gasteiger partial charge in [-0.25, -0.2) is 0 Å². The third kappa shape index (κ3) is 3.12. The fourth-order valence-corrected chi connectivity index (χ4v) is 2.03. The van der Waals surface area contributed by atoms with E-state index in [1.165, 1.54) is 6.07 Å². The molecule has 0 atom stereocenters. The molecule has 1 heterocycles. The SMILES string of the molecule is Cc1cc(NC(=O)c2cccc(=O)[nH]2)cc(C)c1Br. The summed E-state index contributed by atoms with van der Waals surface area (Å²) in [5.41, 5.74) is 2.73. The van der Waals surface area contributed by atoms with Crippen molar-refractivity contribution in [2.75, 3.05) is 5.32 Å². The zero-order valence-corrected chi connectivity index (χ0v) is 12.2. The van der Waals surface area contributed by atoms with Crippen molar-refractivity contribution in [3.05, 3.63) is 62.0 Å². The highest BCUT2D eigenvalue weighted by atomic mass is 79.9. The average molecular weight is 321 g/mol. The van der Waals surface area contributed by atoms with Crippen LogP contribution >= 0.6 is 15.9 Å². The molecule has 1 aromatic heterocycles. The smallest absolute Gasteiger partial charge is 0.272 e. The zero-order valence-electron chi connectivity index (χ0n) is 10.6. The molecule has 2 N–H and O–H groups in total. The molecule has 0 spiro atoms. The van der Waals surface area contributed by atoms with Crippen LogP contribution in [0, 0.1) is 13.8 Å². The van der Waals surface area contributed by atoms with Gasteiger partial charge in [0.05, 0.1) is 0 Å². The molecule has 0 saturated heterocycles. The second kappa shape index (κ2) is 5.40. The second-order valence-corrected chi connectivity index (χ2v) is 5.10. The first-order chi connectivity index (χ1) is 8.97. The highest BCUT2D eigenvalue weighted by Crippen LogP contribution is 2.25. The third-order valence-electron chi connectivity index (χ3n) is 2.71. The highest BCUT2D eigenvalue weighted by Gasteiger charge is 2.08. The molecule has 2 rings (SSSR count). The molecule has 0 aliphatic carbocycles. The van der Waals surface area contributed by atoms with Crippen molar-refractivity contribution in [2.24, 2.45) is 0 Å². The minimum Gasteiger partial charge on any atom is -0.321 e. The van der Waals surface area contributed by atoms with Crippen molar-refractivity contribution in [1.82, 2.24) is 4.98 Å². The number of carbonyl (C=O) groups is 1. The molecule has 0 saturated carbocycles. The van der Waals surface area contributed by atoms with Gasteiger partial charge in [0.1, 0.15) is 5.69 Å². The maximum absolute atomic E-state index is 12.0. The number of hydrogen-bond acceptors (Lipinski definition) is 2. The number of H-pyrrole nitrogens is 1. The van der Waals surface area contributed by atoms with Crippen LogP contribution in [-0.2, 0) is 0 Å². The number of aromatic amines is 1. The van der Waals surface area contributed by atoms with Crippen LogP contribution in [0.1, 0.15) is 21.6 Å². The first-order valence-electron chi connectivity index (χ1n) is 5.75. The quantitative estimate of drug-likeness (QED) is 0.893. The van der Waals surface area contributed by atoms with Gasteiger partial charge < -0.3 is 10.3 Å². The van der Waals surface area contributed by atoms with Crippen LogP contribution in [-0.4, -0.2) is 10.9 Å². The molecule has 98 valence electrons. The summed E-state index contributed by atoms with van der Waals surface area (Å²) in [5.74, 6) is -0.334. The summed E-state index contributed by atoms with van der Waals surface area (Å²) in [7, 11) is 0. The van der Waals surface area contributed by atoms with Crippen molar-refractivity contribution < 1.29 is 4.79 Å². The Bertz CT molecular complexity index is 669.